The van der Waals surface area contributed by atoms with Crippen LogP contribution in [0.2, 0.25) is 5.02 Å². The molecule has 0 aliphatic heterocycles. The maximum Gasteiger partial charge on any atom is 0.311 e. The first-order valence-electron chi connectivity index (χ1n) is 6.27. The molecule has 2 rings (SSSR count). The molecule has 4 heteroatoms. The molecule has 2 nitrogen and oxygen atoms in total. The predicted octanol–water partition coefficient (Wildman–Crippen LogP) is 4.23. The summed E-state index contributed by atoms with van der Waals surface area (Å²) in [4.78, 5) is 11.5. The minimum Gasteiger partial charge on any atom is -0.481 e. The smallest absolute Gasteiger partial charge is 0.311 e. The minimum absolute atomic E-state index is 0.00504. The summed E-state index contributed by atoms with van der Waals surface area (Å²) in [5.74, 6) is -1.78. The first kappa shape index (κ1) is 13.3. The van der Waals surface area contributed by atoms with Crippen LogP contribution in [-0.4, -0.2) is 11.1 Å². The van der Waals surface area contributed by atoms with Crippen molar-refractivity contribution >= 4 is 17.6 Å². The molecular formula is C14H16ClFO2. The molecular weight excluding hydrogens is 255 g/mol. The molecule has 18 heavy (non-hydrogen) atoms. The van der Waals surface area contributed by atoms with E-state index in [0.29, 0.717) is 5.56 Å². The Bertz CT molecular complexity index is 441. The van der Waals surface area contributed by atoms with Crippen molar-refractivity contribution in [1.29, 1.82) is 0 Å². The van der Waals surface area contributed by atoms with E-state index in [1.165, 1.54) is 24.6 Å². The molecule has 0 aromatic heterocycles. The van der Waals surface area contributed by atoms with Crippen LogP contribution in [0, 0.1) is 11.7 Å². The van der Waals surface area contributed by atoms with E-state index < -0.39 is 17.7 Å². The number of carbonyl (C=O) groups is 1. The van der Waals surface area contributed by atoms with Crippen LogP contribution in [0.15, 0.2) is 18.2 Å². The van der Waals surface area contributed by atoms with Crippen molar-refractivity contribution in [2.24, 2.45) is 5.92 Å². The van der Waals surface area contributed by atoms with E-state index in [9.17, 15) is 14.3 Å². The quantitative estimate of drug-likeness (QED) is 0.892. The number of hydrogen-bond donors (Lipinski definition) is 1. The van der Waals surface area contributed by atoms with E-state index in [-0.39, 0.29) is 10.9 Å². The Morgan fingerprint density at radius 2 is 2.00 bits per heavy atom. The molecule has 1 atom stereocenters. The van der Waals surface area contributed by atoms with Crippen LogP contribution in [0.25, 0.3) is 0 Å². The highest BCUT2D eigenvalue weighted by molar-refractivity contribution is 6.30. The van der Waals surface area contributed by atoms with Gasteiger partial charge in [0.25, 0.3) is 0 Å². The zero-order valence-electron chi connectivity index (χ0n) is 10.0. The summed E-state index contributed by atoms with van der Waals surface area (Å²) in [5.41, 5.74) is 0.612. The molecule has 0 spiro atoms. The minimum atomic E-state index is -0.843. The van der Waals surface area contributed by atoms with Crippen LogP contribution < -0.4 is 0 Å². The summed E-state index contributed by atoms with van der Waals surface area (Å²) < 4.78 is 13.1. The lowest BCUT2D eigenvalue weighted by atomic mass is 9.77. The fraction of sp³-hybridized carbons (Fsp3) is 0.500. The SMILES string of the molecule is O=C(O)C(c1ccc(F)c(Cl)c1)C1CCCCC1. The van der Waals surface area contributed by atoms with Gasteiger partial charge in [0.15, 0.2) is 0 Å². The van der Waals surface area contributed by atoms with Gasteiger partial charge in [-0.1, -0.05) is 36.9 Å². The van der Waals surface area contributed by atoms with Gasteiger partial charge in [0.05, 0.1) is 10.9 Å². The molecule has 0 amide bonds. The number of aliphatic carboxylic acids is 1. The second kappa shape index (κ2) is 5.70. The highest BCUT2D eigenvalue weighted by Gasteiger charge is 2.31. The van der Waals surface area contributed by atoms with Crippen molar-refractivity contribution in [3.63, 3.8) is 0 Å². The van der Waals surface area contributed by atoms with Gasteiger partial charge in [-0.25, -0.2) is 4.39 Å². The summed E-state index contributed by atoms with van der Waals surface area (Å²) in [5, 5.41) is 9.40. The fourth-order valence-electron chi connectivity index (χ4n) is 2.79. The Hall–Kier alpha value is -1.09. The third-order valence-corrected chi connectivity index (χ3v) is 3.98. The standard InChI is InChI=1S/C14H16ClFO2/c15-11-8-10(6-7-12(11)16)13(14(17)18)9-4-2-1-3-5-9/h6-9,13H,1-5H2,(H,17,18). The molecule has 1 aliphatic carbocycles. The molecule has 1 N–H and O–H groups in total. The first-order chi connectivity index (χ1) is 8.59. The van der Waals surface area contributed by atoms with Crippen molar-refractivity contribution in [3.8, 4) is 0 Å². The largest absolute Gasteiger partial charge is 0.481 e. The van der Waals surface area contributed by atoms with Crippen molar-refractivity contribution in [2.45, 2.75) is 38.0 Å². The summed E-state index contributed by atoms with van der Waals surface area (Å²) in [6.07, 6.45) is 5.16. The van der Waals surface area contributed by atoms with Gasteiger partial charge in [-0.3, -0.25) is 4.79 Å². The number of halogens is 2. The molecule has 98 valence electrons. The van der Waals surface area contributed by atoms with E-state index in [1.807, 2.05) is 0 Å². The Labute approximate surface area is 111 Å². The molecule has 1 aliphatic rings. The third kappa shape index (κ3) is 2.83. The summed E-state index contributed by atoms with van der Waals surface area (Å²) in [7, 11) is 0. The van der Waals surface area contributed by atoms with Crippen molar-refractivity contribution in [3.05, 3.63) is 34.6 Å². The van der Waals surface area contributed by atoms with Gasteiger partial charge in [-0.05, 0) is 36.5 Å². The van der Waals surface area contributed by atoms with Gasteiger partial charge >= 0.3 is 5.97 Å². The lowest BCUT2D eigenvalue weighted by Crippen LogP contribution is -2.23. The number of carboxylic acid groups (broad SMARTS) is 1. The maximum absolute atomic E-state index is 13.1. The molecule has 1 saturated carbocycles. The van der Waals surface area contributed by atoms with Crippen LogP contribution >= 0.6 is 11.6 Å². The lowest BCUT2D eigenvalue weighted by molar-refractivity contribution is -0.140. The maximum atomic E-state index is 13.1. The van der Waals surface area contributed by atoms with Crippen molar-refractivity contribution < 1.29 is 14.3 Å². The summed E-state index contributed by atoms with van der Waals surface area (Å²) in [6, 6.07) is 4.23. The van der Waals surface area contributed by atoms with Gasteiger partial charge in [0.2, 0.25) is 0 Å². The van der Waals surface area contributed by atoms with Crippen LogP contribution in [0.5, 0.6) is 0 Å². The number of carboxylic acids is 1. The average molecular weight is 271 g/mol. The third-order valence-electron chi connectivity index (χ3n) is 3.69. The Kier molecular flexibility index (Phi) is 4.23. The molecule has 1 aromatic carbocycles. The van der Waals surface area contributed by atoms with Gasteiger partial charge in [-0.15, -0.1) is 0 Å². The van der Waals surface area contributed by atoms with E-state index in [4.69, 9.17) is 11.6 Å². The van der Waals surface area contributed by atoms with E-state index >= 15 is 0 Å². The molecule has 1 unspecified atom stereocenters. The summed E-state index contributed by atoms with van der Waals surface area (Å²) in [6.45, 7) is 0. The van der Waals surface area contributed by atoms with Gasteiger partial charge < -0.3 is 5.11 Å². The summed E-state index contributed by atoms with van der Waals surface area (Å²) >= 11 is 5.73. The second-order valence-electron chi connectivity index (χ2n) is 4.89. The van der Waals surface area contributed by atoms with Crippen LogP contribution in [0.4, 0.5) is 4.39 Å². The van der Waals surface area contributed by atoms with E-state index in [1.54, 1.807) is 0 Å². The monoisotopic (exact) mass is 270 g/mol. The van der Waals surface area contributed by atoms with Gasteiger partial charge in [0, 0.05) is 0 Å². The highest BCUT2D eigenvalue weighted by atomic mass is 35.5. The predicted molar refractivity (Wildman–Crippen MR) is 68.4 cm³/mol. The zero-order chi connectivity index (χ0) is 13.1. The average Bonchev–Trinajstić information content (AvgIpc) is 2.35. The van der Waals surface area contributed by atoms with Gasteiger partial charge in [0.1, 0.15) is 5.82 Å². The Morgan fingerprint density at radius 3 is 2.56 bits per heavy atom. The Morgan fingerprint density at radius 1 is 1.33 bits per heavy atom. The number of benzene rings is 1. The van der Waals surface area contributed by atoms with Crippen LogP contribution in [0.3, 0.4) is 0 Å². The molecule has 1 fully saturated rings. The normalized spacial score (nSPS) is 18.6. The number of hydrogen-bond acceptors (Lipinski definition) is 1. The zero-order valence-corrected chi connectivity index (χ0v) is 10.8. The Balaban J connectivity index is 2.28. The van der Waals surface area contributed by atoms with Crippen molar-refractivity contribution in [2.75, 3.05) is 0 Å². The van der Waals surface area contributed by atoms with Crippen LogP contribution in [0.1, 0.15) is 43.6 Å². The fourth-order valence-corrected chi connectivity index (χ4v) is 2.98. The van der Waals surface area contributed by atoms with E-state index in [0.717, 1.165) is 25.7 Å². The number of rotatable bonds is 3. The molecule has 1 aromatic rings. The highest BCUT2D eigenvalue weighted by Crippen LogP contribution is 2.37. The first-order valence-corrected chi connectivity index (χ1v) is 6.65. The van der Waals surface area contributed by atoms with Crippen molar-refractivity contribution in [1.82, 2.24) is 0 Å². The second-order valence-corrected chi connectivity index (χ2v) is 5.29. The van der Waals surface area contributed by atoms with E-state index in [2.05, 4.69) is 0 Å². The molecule has 0 radical (unpaired) electrons. The topological polar surface area (TPSA) is 37.3 Å². The molecule has 0 heterocycles. The van der Waals surface area contributed by atoms with Crippen LogP contribution in [-0.2, 0) is 4.79 Å². The molecule has 0 bridgehead atoms. The van der Waals surface area contributed by atoms with Gasteiger partial charge in [-0.2, -0.15) is 0 Å². The lowest BCUT2D eigenvalue weighted by Gasteiger charge is -2.27. The molecule has 0 saturated heterocycles.